The van der Waals surface area contributed by atoms with Crippen molar-refractivity contribution < 1.29 is 18.7 Å². The highest BCUT2D eigenvalue weighted by Gasteiger charge is 2.30. The number of rotatable bonds is 6. The molecule has 1 fully saturated rings. The molecule has 0 spiro atoms. The Kier molecular flexibility index (Phi) is 8.75. The monoisotopic (exact) mass is 561 g/mol. The highest BCUT2D eigenvalue weighted by atomic mass is 16.6. The average molecular weight is 562 g/mol. The van der Waals surface area contributed by atoms with Gasteiger partial charge in [-0.05, 0) is 63.3 Å². The van der Waals surface area contributed by atoms with Crippen LogP contribution in [-0.2, 0) is 16.7 Å². The first-order valence-electron chi connectivity index (χ1n) is 14.2. The first-order chi connectivity index (χ1) is 19.2. The van der Waals surface area contributed by atoms with Crippen LogP contribution >= 0.6 is 0 Å². The van der Waals surface area contributed by atoms with Crippen LogP contribution in [0.1, 0.15) is 81.9 Å². The van der Waals surface area contributed by atoms with E-state index in [9.17, 15) is 9.59 Å². The van der Waals surface area contributed by atoms with Crippen molar-refractivity contribution in [3.8, 4) is 11.1 Å². The topological polar surface area (TPSA) is 101 Å². The Morgan fingerprint density at radius 1 is 1.17 bits per heavy atom. The van der Waals surface area contributed by atoms with E-state index in [0.717, 1.165) is 47.3 Å². The van der Waals surface area contributed by atoms with Crippen molar-refractivity contribution in [2.75, 3.05) is 25.0 Å². The first-order valence-corrected chi connectivity index (χ1v) is 14.2. The Hall–Kier alpha value is -3.88. The van der Waals surface area contributed by atoms with Gasteiger partial charge in [-0.3, -0.25) is 9.78 Å². The van der Waals surface area contributed by atoms with Gasteiger partial charge in [0.15, 0.2) is 11.6 Å². The zero-order valence-corrected chi connectivity index (χ0v) is 25.6. The van der Waals surface area contributed by atoms with Gasteiger partial charge in [-0.2, -0.15) is 0 Å². The van der Waals surface area contributed by atoms with E-state index in [2.05, 4.69) is 32.3 Å². The number of nitrogens with one attached hydrogen (secondary N) is 1. The Balaban J connectivity index is 1.46. The summed E-state index contributed by atoms with van der Waals surface area (Å²) in [6.45, 7) is 15.7. The molecule has 1 aromatic carbocycles. The number of aryl methyl sites for hydroxylation is 1. The molecule has 1 N–H and O–H groups in total. The number of carbonyl (C=O) groups excluding carboxylic acids is 2. The summed E-state index contributed by atoms with van der Waals surface area (Å²) in [4.78, 5) is 38.2. The minimum atomic E-state index is -0.533. The van der Waals surface area contributed by atoms with Crippen molar-refractivity contribution in [1.29, 1.82) is 0 Å². The number of piperidine rings is 1. The fourth-order valence-electron chi connectivity index (χ4n) is 4.91. The highest BCUT2D eigenvalue weighted by Crippen LogP contribution is 2.33. The normalized spacial score (nSPS) is 15.9. The van der Waals surface area contributed by atoms with Crippen molar-refractivity contribution in [3.63, 3.8) is 0 Å². The van der Waals surface area contributed by atoms with Crippen molar-refractivity contribution in [2.24, 2.45) is 0 Å². The zero-order valence-electron chi connectivity index (χ0n) is 25.6. The molecule has 1 saturated heterocycles. The maximum absolute atomic E-state index is 12.7. The third kappa shape index (κ3) is 7.45. The minimum absolute atomic E-state index is 0.0450. The van der Waals surface area contributed by atoms with E-state index in [4.69, 9.17) is 9.15 Å². The number of hydrogen-bond acceptors (Lipinski definition) is 7. The summed E-state index contributed by atoms with van der Waals surface area (Å²) in [5.41, 5.74) is 4.77. The zero-order chi connectivity index (χ0) is 29.9. The van der Waals surface area contributed by atoms with Crippen LogP contribution in [0.3, 0.4) is 0 Å². The van der Waals surface area contributed by atoms with Gasteiger partial charge in [-0.1, -0.05) is 39.0 Å². The van der Waals surface area contributed by atoms with Crippen LogP contribution in [0.2, 0.25) is 0 Å². The summed E-state index contributed by atoms with van der Waals surface area (Å²) < 4.78 is 11.1. The molecule has 1 atom stereocenters. The van der Waals surface area contributed by atoms with Gasteiger partial charge in [0, 0.05) is 43.9 Å². The number of carbonyl (C=O) groups is 2. The minimum Gasteiger partial charge on any atom is -0.448 e. The SMILES string of the molecule is Cc1cc(-c2ccncc2N2CCCC(N(C)C(=O)OC(C)(C)C)C2)ccc1CNC(=O)c1coc(C(C)(C)C)n1. The van der Waals surface area contributed by atoms with E-state index < -0.39 is 5.60 Å². The van der Waals surface area contributed by atoms with Crippen LogP contribution in [0.4, 0.5) is 10.5 Å². The smallest absolute Gasteiger partial charge is 0.410 e. The number of amides is 2. The maximum atomic E-state index is 12.7. The molecule has 0 saturated carbocycles. The Bertz CT molecular complexity index is 1390. The Morgan fingerprint density at radius 3 is 2.59 bits per heavy atom. The molecular weight excluding hydrogens is 518 g/mol. The van der Waals surface area contributed by atoms with E-state index >= 15 is 0 Å². The van der Waals surface area contributed by atoms with Crippen molar-refractivity contribution >= 4 is 17.7 Å². The van der Waals surface area contributed by atoms with Gasteiger partial charge in [0.2, 0.25) is 0 Å². The lowest BCUT2D eigenvalue weighted by Gasteiger charge is -2.39. The molecule has 2 aromatic heterocycles. The summed E-state index contributed by atoms with van der Waals surface area (Å²) in [6.07, 6.45) is 6.71. The molecule has 0 radical (unpaired) electrons. The van der Waals surface area contributed by atoms with E-state index in [0.29, 0.717) is 19.0 Å². The second-order valence-corrected chi connectivity index (χ2v) is 12.8. The largest absolute Gasteiger partial charge is 0.448 e. The molecule has 1 aliphatic rings. The van der Waals surface area contributed by atoms with E-state index in [1.54, 1.807) is 11.1 Å². The van der Waals surface area contributed by atoms with Gasteiger partial charge in [0.25, 0.3) is 5.91 Å². The summed E-state index contributed by atoms with van der Waals surface area (Å²) in [6, 6.07) is 8.35. The summed E-state index contributed by atoms with van der Waals surface area (Å²) in [5.74, 6) is 0.271. The number of benzene rings is 1. The second-order valence-electron chi connectivity index (χ2n) is 12.8. The third-order valence-electron chi connectivity index (χ3n) is 7.24. The molecule has 3 aromatic rings. The molecule has 2 amide bonds. The predicted octanol–water partition coefficient (Wildman–Crippen LogP) is 6.11. The molecule has 4 rings (SSSR count). The molecule has 41 heavy (non-hydrogen) atoms. The van der Waals surface area contributed by atoms with E-state index in [1.807, 2.05) is 73.8 Å². The number of likely N-dealkylation sites (N-methyl/N-ethyl adjacent to an activating group) is 1. The second kappa shape index (κ2) is 11.9. The third-order valence-corrected chi connectivity index (χ3v) is 7.24. The summed E-state index contributed by atoms with van der Waals surface area (Å²) in [7, 11) is 1.82. The predicted molar refractivity (Wildman–Crippen MR) is 160 cm³/mol. The summed E-state index contributed by atoms with van der Waals surface area (Å²) >= 11 is 0. The number of anilines is 1. The Morgan fingerprint density at radius 2 is 1.93 bits per heavy atom. The molecule has 3 heterocycles. The number of aromatic nitrogens is 2. The van der Waals surface area contributed by atoms with Crippen molar-refractivity contribution in [3.05, 3.63) is 65.6 Å². The van der Waals surface area contributed by atoms with Crippen LogP contribution in [-0.4, -0.2) is 58.6 Å². The molecule has 9 nitrogen and oxygen atoms in total. The number of pyridine rings is 1. The fraction of sp³-hybridized carbons (Fsp3) is 0.500. The molecule has 1 aliphatic heterocycles. The van der Waals surface area contributed by atoms with Crippen molar-refractivity contribution in [1.82, 2.24) is 20.2 Å². The molecular formula is C32H43N5O4. The van der Waals surface area contributed by atoms with Gasteiger partial charge in [-0.25, -0.2) is 9.78 Å². The van der Waals surface area contributed by atoms with E-state index in [1.165, 1.54) is 6.26 Å². The molecule has 0 aliphatic carbocycles. The number of hydrogen-bond donors (Lipinski definition) is 1. The molecule has 9 heteroatoms. The van der Waals surface area contributed by atoms with Gasteiger partial charge < -0.3 is 24.3 Å². The van der Waals surface area contributed by atoms with Crippen molar-refractivity contribution in [2.45, 2.75) is 84.9 Å². The number of nitrogens with zero attached hydrogens (tertiary/aromatic N) is 4. The maximum Gasteiger partial charge on any atom is 0.410 e. The van der Waals surface area contributed by atoms with Crippen LogP contribution in [0.5, 0.6) is 0 Å². The number of oxazole rings is 1. The highest BCUT2D eigenvalue weighted by molar-refractivity contribution is 5.92. The lowest BCUT2D eigenvalue weighted by atomic mass is 9.97. The van der Waals surface area contributed by atoms with Gasteiger partial charge in [0.1, 0.15) is 11.9 Å². The quantitative estimate of drug-likeness (QED) is 0.388. The fourth-order valence-corrected chi connectivity index (χ4v) is 4.91. The van der Waals surface area contributed by atoms with Crippen LogP contribution in [0.25, 0.3) is 11.1 Å². The number of ether oxygens (including phenoxy) is 1. The van der Waals surface area contributed by atoms with Crippen LogP contribution in [0, 0.1) is 6.92 Å². The molecule has 0 bridgehead atoms. The van der Waals surface area contributed by atoms with Crippen LogP contribution in [0.15, 0.2) is 47.3 Å². The lowest BCUT2D eigenvalue weighted by Crippen LogP contribution is -2.50. The van der Waals surface area contributed by atoms with Gasteiger partial charge >= 0.3 is 6.09 Å². The van der Waals surface area contributed by atoms with Gasteiger partial charge in [0.05, 0.1) is 17.9 Å². The first kappa shape index (κ1) is 30.1. The molecule has 220 valence electrons. The summed E-state index contributed by atoms with van der Waals surface area (Å²) in [5, 5.41) is 2.96. The Labute approximate surface area is 243 Å². The average Bonchev–Trinajstić information content (AvgIpc) is 3.42. The lowest BCUT2D eigenvalue weighted by molar-refractivity contribution is 0.0209. The standard InChI is InChI=1S/C32H43N5O4/c1-21-16-22(11-12-23(21)17-34-28(38)26-20-40-29(35-26)31(2,3)4)25-13-14-33-18-27(25)37-15-9-10-24(19-37)36(8)30(39)41-32(5,6)7/h11-14,16,18,20,24H,9-10,15,17,19H2,1-8H3,(H,34,38). The molecule has 1 unspecified atom stereocenters. The van der Waals surface area contributed by atoms with Crippen LogP contribution < -0.4 is 10.2 Å². The van der Waals surface area contributed by atoms with E-state index in [-0.39, 0.29) is 29.2 Å². The van der Waals surface area contributed by atoms with Gasteiger partial charge in [-0.15, -0.1) is 0 Å².